The Hall–Kier alpha value is -3.11. The number of hydrogen-bond acceptors (Lipinski definition) is 3. The van der Waals surface area contributed by atoms with Crippen LogP contribution in [0.15, 0.2) is 101 Å². The summed E-state index contributed by atoms with van der Waals surface area (Å²) in [7, 11) is 0. The number of fused-ring (bicyclic) bond motifs is 5. The van der Waals surface area contributed by atoms with Crippen molar-refractivity contribution in [2.45, 2.75) is 49.8 Å². The molecule has 1 unspecified atom stereocenters. The molecule has 2 heterocycles. The summed E-state index contributed by atoms with van der Waals surface area (Å²) in [6.45, 7) is 0. The van der Waals surface area contributed by atoms with Crippen molar-refractivity contribution in [3.05, 3.63) is 112 Å². The highest BCUT2D eigenvalue weighted by Gasteiger charge is 2.52. The highest BCUT2D eigenvalue weighted by Crippen LogP contribution is 2.53. The lowest BCUT2D eigenvalue weighted by atomic mass is 9.78. The van der Waals surface area contributed by atoms with Gasteiger partial charge in [0.25, 0.3) is 0 Å². The molecule has 1 aliphatic carbocycles. The molecule has 4 heteroatoms. The first-order chi connectivity index (χ1) is 17.2. The molecule has 7 rings (SSSR count). The van der Waals surface area contributed by atoms with Crippen LogP contribution in [0.5, 0.6) is 5.75 Å². The van der Waals surface area contributed by atoms with Crippen molar-refractivity contribution in [1.82, 2.24) is 5.01 Å². The predicted molar refractivity (Wildman–Crippen MR) is 145 cm³/mol. The molecule has 1 fully saturated rings. The largest absolute Gasteiger partial charge is 0.466 e. The predicted octanol–water partition coefficient (Wildman–Crippen LogP) is 8.20. The van der Waals surface area contributed by atoms with Crippen LogP contribution in [0.25, 0.3) is 10.8 Å². The van der Waals surface area contributed by atoms with Crippen LogP contribution in [-0.2, 0) is 0 Å². The van der Waals surface area contributed by atoms with Crippen molar-refractivity contribution >= 4 is 32.4 Å². The molecule has 1 spiro atoms. The van der Waals surface area contributed by atoms with Crippen molar-refractivity contribution in [3.8, 4) is 5.75 Å². The third kappa shape index (κ3) is 3.58. The molecule has 1 saturated carbocycles. The van der Waals surface area contributed by atoms with Crippen molar-refractivity contribution in [3.63, 3.8) is 0 Å². The van der Waals surface area contributed by atoms with Crippen LogP contribution in [0, 0.1) is 0 Å². The van der Waals surface area contributed by atoms with Crippen LogP contribution >= 0.6 is 15.9 Å². The van der Waals surface area contributed by atoms with Gasteiger partial charge in [0.1, 0.15) is 5.75 Å². The molecule has 4 aromatic rings. The van der Waals surface area contributed by atoms with Crippen molar-refractivity contribution < 1.29 is 4.74 Å². The minimum absolute atomic E-state index is 0.200. The Kier molecular flexibility index (Phi) is 4.99. The van der Waals surface area contributed by atoms with Crippen molar-refractivity contribution in [1.29, 1.82) is 0 Å². The monoisotopic (exact) mass is 522 g/mol. The second kappa shape index (κ2) is 8.23. The molecular weight excluding hydrogens is 496 g/mol. The van der Waals surface area contributed by atoms with Crippen LogP contribution < -0.4 is 4.74 Å². The van der Waals surface area contributed by atoms with Crippen LogP contribution in [0.1, 0.15) is 60.8 Å². The molecule has 0 amide bonds. The molecule has 0 bridgehead atoms. The second-order valence-electron chi connectivity index (χ2n) is 10.1. The number of hydrazone groups is 1. The zero-order valence-electron chi connectivity index (χ0n) is 19.5. The van der Waals surface area contributed by atoms with E-state index in [2.05, 4.69) is 112 Å². The lowest BCUT2D eigenvalue weighted by Crippen LogP contribution is -2.55. The van der Waals surface area contributed by atoms with E-state index >= 15 is 0 Å². The van der Waals surface area contributed by atoms with Gasteiger partial charge in [-0.2, -0.15) is 5.10 Å². The Morgan fingerprint density at radius 2 is 1.60 bits per heavy atom. The average molecular weight is 523 g/mol. The Morgan fingerprint density at radius 3 is 2.43 bits per heavy atom. The molecule has 174 valence electrons. The SMILES string of the molecule is Brc1ccc2c(c1)C1CC(c3ccc4ccccc4c3)=NN1C1(CCC(c3ccccc3)CC1)O2. The molecule has 35 heavy (non-hydrogen) atoms. The smallest absolute Gasteiger partial charge is 0.198 e. The van der Waals surface area contributed by atoms with Gasteiger partial charge in [-0.05, 0) is 64.9 Å². The van der Waals surface area contributed by atoms with Gasteiger partial charge in [-0.3, -0.25) is 0 Å². The summed E-state index contributed by atoms with van der Waals surface area (Å²) in [6, 6.07) is 32.9. The fourth-order valence-corrected chi connectivity index (χ4v) is 6.63. The molecule has 3 aliphatic rings. The van der Waals surface area contributed by atoms with E-state index in [0.29, 0.717) is 5.92 Å². The Labute approximate surface area is 214 Å². The summed E-state index contributed by atoms with van der Waals surface area (Å²) in [4.78, 5) is 0. The van der Waals surface area contributed by atoms with E-state index in [1.807, 2.05) is 0 Å². The number of nitrogens with zero attached hydrogens (tertiary/aromatic N) is 2. The summed E-state index contributed by atoms with van der Waals surface area (Å²) in [5, 5.41) is 10.2. The maximum atomic E-state index is 6.87. The van der Waals surface area contributed by atoms with Crippen LogP contribution in [0.3, 0.4) is 0 Å². The third-order valence-electron chi connectivity index (χ3n) is 8.08. The molecule has 1 atom stereocenters. The molecule has 4 aromatic carbocycles. The Morgan fingerprint density at radius 1 is 0.829 bits per heavy atom. The van der Waals surface area contributed by atoms with Crippen LogP contribution in [-0.4, -0.2) is 16.4 Å². The molecule has 0 aromatic heterocycles. The van der Waals surface area contributed by atoms with E-state index in [0.717, 1.165) is 48.0 Å². The summed E-state index contributed by atoms with van der Waals surface area (Å²) in [6.07, 6.45) is 5.08. The molecule has 0 N–H and O–H groups in total. The standard InChI is InChI=1S/C31H27BrN2O/c32-26-12-13-30-27(19-26)29-20-28(25-11-10-22-8-4-5-9-24(22)18-25)33-34(29)31(35-30)16-14-23(15-17-31)21-6-2-1-3-7-21/h1-13,18-19,23,29H,14-17,20H2. The van der Waals surface area contributed by atoms with Gasteiger partial charge in [0, 0.05) is 29.3 Å². The van der Waals surface area contributed by atoms with E-state index in [4.69, 9.17) is 9.84 Å². The van der Waals surface area contributed by atoms with Crippen LogP contribution in [0.4, 0.5) is 0 Å². The molecule has 2 aliphatic heterocycles. The first kappa shape index (κ1) is 21.2. The quantitative estimate of drug-likeness (QED) is 0.265. The van der Waals surface area contributed by atoms with Gasteiger partial charge in [-0.25, -0.2) is 5.01 Å². The van der Waals surface area contributed by atoms with E-state index < -0.39 is 0 Å². The van der Waals surface area contributed by atoms with Gasteiger partial charge in [0.05, 0.1) is 11.8 Å². The average Bonchev–Trinajstić information content (AvgIpc) is 3.37. The van der Waals surface area contributed by atoms with Crippen LogP contribution in [0.2, 0.25) is 0 Å². The highest BCUT2D eigenvalue weighted by molar-refractivity contribution is 9.10. The normalized spacial score (nSPS) is 25.2. The van der Waals surface area contributed by atoms with E-state index in [1.54, 1.807) is 0 Å². The van der Waals surface area contributed by atoms with Gasteiger partial charge in [-0.15, -0.1) is 0 Å². The second-order valence-corrected chi connectivity index (χ2v) is 11.0. The first-order valence-electron chi connectivity index (χ1n) is 12.6. The van der Waals surface area contributed by atoms with Gasteiger partial charge in [-0.1, -0.05) is 82.7 Å². The molecule has 0 radical (unpaired) electrons. The number of halogens is 1. The first-order valence-corrected chi connectivity index (χ1v) is 13.4. The summed E-state index contributed by atoms with van der Waals surface area (Å²) in [5.74, 6) is 1.60. The maximum absolute atomic E-state index is 6.87. The van der Waals surface area contributed by atoms with Gasteiger partial charge >= 0.3 is 0 Å². The topological polar surface area (TPSA) is 24.8 Å². The van der Waals surface area contributed by atoms with Crippen molar-refractivity contribution in [2.24, 2.45) is 5.10 Å². The zero-order valence-corrected chi connectivity index (χ0v) is 21.1. The fourth-order valence-electron chi connectivity index (χ4n) is 6.25. The maximum Gasteiger partial charge on any atom is 0.198 e. The Balaban J connectivity index is 1.26. The van der Waals surface area contributed by atoms with E-state index in [-0.39, 0.29) is 11.8 Å². The van der Waals surface area contributed by atoms with Gasteiger partial charge < -0.3 is 4.74 Å². The summed E-state index contributed by atoms with van der Waals surface area (Å²) >= 11 is 3.68. The number of ether oxygens (including phenoxy) is 1. The summed E-state index contributed by atoms with van der Waals surface area (Å²) < 4.78 is 7.95. The lowest BCUT2D eigenvalue weighted by Gasteiger charge is -2.50. The molecule has 3 nitrogen and oxygen atoms in total. The third-order valence-corrected chi connectivity index (χ3v) is 8.57. The number of rotatable bonds is 2. The molecular formula is C31H27BrN2O. The Bertz CT molecular complexity index is 1440. The van der Waals surface area contributed by atoms with E-state index in [9.17, 15) is 0 Å². The van der Waals surface area contributed by atoms with Crippen molar-refractivity contribution in [2.75, 3.05) is 0 Å². The lowest BCUT2D eigenvalue weighted by molar-refractivity contribution is -0.142. The number of benzene rings is 4. The zero-order chi connectivity index (χ0) is 23.4. The highest BCUT2D eigenvalue weighted by atomic mass is 79.9. The van der Waals surface area contributed by atoms with E-state index in [1.165, 1.54) is 27.5 Å². The molecule has 0 saturated heterocycles. The fraction of sp³-hybridized carbons (Fsp3) is 0.258. The van der Waals surface area contributed by atoms with Gasteiger partial charge in [0.2, 0.25) is 0 Å². The van der Waals surface area contributed by atoms with Gasteiger partial charge in [0.15, 0.2) is 5.72 Å². The minimum atomic E-state index is -0.380. The summed E-state index contributed by atoms with van der Waals surface area (Å²) in [5.41, 5.74) is 4.66. The minimum Gasteiger partial charge on any atom is -0.466 e. The number of hydrogen-bond donors (Lipinski definition) is 0.